The third-order valence-corrected chi connectivity index (χ3v) is 8.17. The molecular formula is C20H20Cl2N2O4S. The van der Waals surface area contributed by atoms with Crippen molar-refractivity contribution in [3.05, 3.63) is 57.3 Å². The van der Waals surface area contributed by atoms with Crippen molar-refractivity contribution in [2.75, 3.05) is 5.32 Å². The van der Waals surface area contributed by atoms with Crippen molar-refractivity contribution in [2.24, 2.45) is 5.92 Å². The Morgan fingerprint density at radius 1 is 1.21 bits per heavy atom. The summed E-state index contributed by atoms with van der Waals surface area (Å²) in [4.78, 5) is 16.0. The molecule has 1 aliphatic rings. The van der Waals surface area contributed by atoms with Crippen molar-refractivity contribution in [1.82, 2.24) is 4.98 Å². The first-order chi connectivity index (χ1) is 13.4. The van der Waals surface area contributed by atoms with Crippen molar-refractivity contribution in [1.29, 1.82) is 0 Å². The maximum atomic E-state index is 13.5. The van der Waals surface area contributed by atoms with Crippen LogP contribution < -0.4 is 5.32 Å². The number of nitrogens with one attached hydrogen (secondary N) is 1. The minimum atomic E-state index is -4.06. The fraction of sp³-hybridized carbons (Fsp3) is 0.300. The zero-order valence-electron chi connectivity index (χ0n) is 16.2. The van der Waals surface area contributed by atoms with E-state index in [4.69, 9.17) is 23.2 Å². The number of carbonyl (C=O) groups is 1. The molecule has 0 saturated heterocycles. The summed E-state index contributed by atoms with van der Waals surface area (Å²) in [6.07, 6.45) is 1.47. The van der Waals surface area contributed by atoms with Gasteiger partial charge in [0.05, 0.1) is 20.5 Å². The zero-order chi connectivity index (χ0) is 21.7. The Morgan fingerprint density at radius 2 is 1.86 bits per heavy atom. The monoisotopic (exact) mass is 454 g/mol. The fourth-order valence-corrected chi connectivity index (χ4v) is 5.49. The van der Waals surface area contributed by atoms with Crippen LogP contribution in [-0.4, -0.2) is 24.4 Å². The molecule has 0 atom stereocenters. The molecule has 0 aliphatic carbocycles. The fourth-order valence-electron chi connectivity index (χ4n) is 3.10. The van der Waals surface area contributed by atoms with Gasteiger partial charge in [0.25, 0.3) is 0 Å². The smallest absolute Gasteiger partial charge is 0.227 e. The van der Waals surface area contributed by atoms with Gasteiger partial charge in [-0.15, -0.1) is 0 Å². The van der Waals surface area contributed by atoms with E-state index in [2.05, 4.69) is 10.3 Å². The second kappa shape index (κ2) is 7.31. The lowest BCUT2D eigenvalue weighted by Crippen LogP contribution is -2.35. The van der Waals surface area contributed by atoms with Gasteiger partial charge in [0.15, 0.2) is 15.6 Å². The van der Waals surface area contributed by atoms with Crippen LogP contribution in [0.2, 0.25) is 10.0 Å². The molecular weight excluding hydrogens is 435 g/mol. The summed E-state index contributed by atoms with van der Waals surface area (Å²) in [6, 6.07) is 6.06. The number of pyridine rings is 1. The number of sulfone groups is 1. The lowest BCUT2D eigenvalue weighted by atomic mass is 9.98. The first-order valence-electron chi connectivity index (χ1n) is 8.84. The van der Waals surface area contributed by atoms with Gasteiger partial charge in [-0.2, -0.15) is 0 Å². The number of nitrogens with zero attached hydrogens (tertiary/aromatic N) is 1. The Balaban J connectivity index is 2.32. The molecule has 2 aromatic rings. The maximum absolute atomic E-state index is 13.5. The molecule has 29 heavy (non-hydrogen) atoms. The Bertz CT molecular complexity index is 1160. The number of amides is 1. The SMILES string of the molecule is CC(C)C(=O)Nc1c(Cl)ccc(C2=C(O)c3ncccc3C(C)(C)S2(=O)=O)c1Cl. The molecule has 1 aromatic heterocycles. The van der Waals surface area contributed by atoms with Crippen LogP contribution in [0.1, 0.15) is 44.5 Å². The number of aliphatic hydroxyl groups is 1. The van der Waals surface area contributed by atoms with Gasteiger partial charge in [-0.05, 0) is 26.0 Å². The Hall–Kier alpha value is -2.09. The number of carbonyl (C=O) groups excluding carboxylic acids is 1. The Kier molecular flexibility index (Phi) is 5.45. The number of hydrogen-bond donors (Lipinski definition) is 2. The van der Waals surface area contributed by atoms with Crippen molar-refractivity contribution >= 4 is 55.3 Å². The van der Waals surface area contributed by atoms with Gasteiger partial charge >= 0.3 is 0 Å². The van der Waals surface area contributed by atoms with Gasteiger partial charge in [-0.25, -0.2) is 8.42 Å². The van der Waals surface area contributed by atoms with Crippen molar-refractivity contribution < 1.29 is 18.3 Å². The summed E-state index contributed by atoms with van der Waals surface area (Å²) in [5.74, 6) is -1.17. The summed E-state index contributed by atoms with van der Waals surface area (Å²) < 4.78 is 25.6. The predicted octanol–water partition coefficient (Wildman–Crippen LogP) is 5.03. The molecule has 2 heterocycles. The van der Waals surface area contributed by atoms with Gasteiger partial charge in [-0.3, -0.25) is 9.78 Å². The van der Waals surface area contributed by atoms with E-state index in [1.807, 2.05) is 0 Å². The zero-order valence-corrected chi connectivity index (χ0v) is 18.6. The van der Waals surface area contributed by atoms with Crippen LogP contribution in [-0.2, 0) is 19.4 Å². The minimum Gasteiger partial charge on any atom is -0.504 e. The third kappa shape index (κ3) is 3.31. The van der Waals surface area contributed by atoms with E-state index < -0.39 is 20.3 Å². The summed E-state index contributed by atoms with van der Waals surface area (Å²) in [7, 11) is -4.06. The topological polar surface area (TPSA) is 96.4 Å². The van der Waals surface area contributed by atoms with Gasteiger partial charge in [0, 0.05) is 23.2 Å². The highest BCUT2D eigenvalue weighted by molar-refractivity contribution is 8.01. The number of fused-ring (bicyclic) bond motifs is 1. The minimum absolute atomic E-state index is 0.0389. The van der Waals surface area contributed by atoms with Crippen molar-refractivity contribution in [3.8, 4) is 0 Å². The van der Waals surface area contributed by atoms with Crippen LogP contribution in [0.15, 0.2) is 30.5 Å². The highest BCUT2D eigenvalue weighted by Crippen LogP contribution is 2.50. The van der Waals surface area contributed by atoms with E-state index in [1.165, 1.54) is 18.3 Å². The third-order valence-electron chi connectivity index (χ3n) is 4.94. The molecule has 0 spiro atoms. The number of aliphatic hydroxyl groups excluding tert-OH is 1. The lowest BCUT2D eigenvalue weighted by Gasteiger charge is -2.33. The Morgan fingerprint density at radius 3 is 2.48 bits per heavy atom. The molecule has 3 rings (SSSR count). The van der Waals surface area contributed by atoms with E-state index in [-0.39, 0.29) is 43.7 Å². The van der Waals surface area contributed by atoms with E-state index in [1.54, 1.807) is 39.8 Å². The average Bonchev–Trinajstić information content (AvgIpc) is 2.65. The lowest BCUT2D eigenvalue weighted by molar-refractivity contribution is -0.118. The van der Waals surface area contributed by atoms with E-state index in [9.17, 15) is 18.3 Å². The molecule has 1 aliphatic heterocycles. The highest BCUT2D eigenvalue weighted by Gasteiger charge is 2.48. The number of halogens is 2. The first-order valence-corrected chi connectivity index (χ1v) is 11.1. The second-order valence-electron chi connectivity index (χ2n) is 7.52. The van der Waals surface area contributed by atoms with Gasteiger partial charge in [0.2, 0.25) is 5.91 Å². The van der Waals surface area contributed by atoms with Crippen LogP contribution in [0.3, 0.4) is 0 Å². The molecule has 9 heteroatoms. The molecule has 154 valence electrons. The standard InChI is InChI=1S/C20H20Cl2N2O4S/c1-10(2)19(26)24-16-13(21)8-7-11(14(16)22)18-17(25)15-12(6-5-9-23-15)20(3,4)29(18,27)28/h5-10,25H,1-4H3,(H,24,26). The molecule has 0 radical (unpaired) electrons. The summed E-state index contributed by atoms with van der Waals surface area (Å²) in [5, 5.41) is 13.6. The molecule has 0 unspecified atom stereocenters. The first kappa shape index (κ1) is 21.6. The van der Waals surface area contributed by atoms with Crippen LogP contribution in [0.5, 0.6) is 0 Å². The van der Waals surface area contributed by atoms with Gasteiger partial charge < -0.3 is 10.4 Å². The molecule has 6 nitrogen and oxygen atoms in total. The number of benzene rings is 1. The molecule has 1 aromatic carbocycles. The van der Waals surface area contributed by atoms with Crippen molar-refractivity contribution in [3.63, 3.8) is 0 Å². The summed E-state index contributed by atoms with van der Waals surface area (Å²) in [6.45, 7) is 6.49. The Labute approximate surface area is 179 Å². The van der Waals surface area contributed by atoms with Crippen LogP contribution in [0, 0.1) is 5.92 Å². The molecule has 0 bridgehead atoms. The maximum Gasteiger partial charge on any atom is 0.227 e. The quantitative estimate of drug-likeness (QED) is 0.677. The average molecular weight is 455 g/mol. The van der Waals surface area contributed by atoms with Gasteiger partial charge in [-0.1, -0.05) is 49.2 Å². The summed E-state index contributed by atoms with van der Waals surface area (Å²) >= 11 is 12.7. The summed E-state index contributed by atoms with van der Waals surface area (Å²) in [5.41, 5.74) is 0.683. The predicted molar refractivity (Wildman–Crippen MR) is 116 cm³/mol. The van der Waals surface area contributed by atoms with Crippen LogP contribution >= 0.6 is 23.2 Å². The van der Waals surface area contributed by atoms with E-state index in [0.717, 1.165) is 0 Å². The van der Waals surface area contributed by atoms with E-state index >= 15 is 0 Å². The van der Waals surface area contributed by atoms with Gasteiger partial charge in [0.1, 0.15) is 10.6 Å². The molecule has 0 saturated carbocycles. The van der Waals surface area contributed by atoms with Crippen LogP contribution in [0.25, 0.3) is 10.7 Å². The number of rotatable bonds is 3. The number of hydrogen-bond acceptors (Lipinski definition) is 5. The molecule has 1 amide bonds. The van der Waals surface area contributed by atoms with Crippen molar-refractivity contribution in [2.45, 2.75) is 32.4 Å². The van der Waals surface area contributed by atoms with E-state index in [0.29, 0.717) is 5.56 Å². The second-order valence-corrected chi connectivity index (χ2v) is 10.7. The van der Waals surface area contributed by atoms with Crippen LogP contribution in [0.4, 0.5) is 5.69 Å². The number of aromatic nitrogens is 1. The normalized spacial score (nSPS) is 17.2. The molecule has 2 N–H and O–H groups in total. The largest absolute Gasteiger partial charge is 0.504 e. The molecule has 0 fully saturated rings. The highest BCUT2D eigenvalue weighted by atomic mass is 35.5. The number of anilines is 1.